The van der Waals surface area contributed by atoms with E-state index in [0.717, 1.165) is 37.3 Å². The number of nitrogens with zero attached hydrogens (tertiary/aromatic N) is 1. The summed E-state index contributed by atoms with van der Waals surface area (Å²) in [7, 11) is -3.90. The number of carboxylic acids is 1. The summed E-state index contributed by atoms with van der Waals surface area (Å²) in [6.45, 7) is 1.54. The second kappa shape index (κ2) is 8.02. The zero-order chi connectivity index (χ0) is 21.3. The summed E-state index contributed by atoms with van der Waals surface area (Å²) in [5, 5.41) is 15.6. The minimum atomic E-state index is -5.08. The average Bonchev–Trinajstić information content (AvgIpc) is 3.01. The molecule has 1 fully saturated rings. The summed E-state index contributed by atoms with van der Waals surface area (Å²) in [6.07, 6.45) is -3.60. The quantitative estimate of drug-likeness (QED) is 0.504. The minimum Gasteiger partial charge on any atom is -0.475 e. The van der Waals surface area contributed by atoms with Crippen molar-refractivity contribution in [3.05, 3.63) is 26.9 Å². The molecule has 1 saturated heterocycles. The first-order valence-corrected chi connectivity index (χ1v) is 10.0. The molecule has 2 aromatic rings. The molecule has 0 atom stereocenters. The molecule has 0 saturated carbocycles. The number of aromatic nitrogens is 2. The lowest BCUT2D eigenvalue weighted by Crippen LogP contribution is -2.37. The second-order valence-electron chi connectivity index (χ2n) is 5.74. The number of hydrogen-bond acceptors (Lipinski definition) is 7. The normalized spacial score (nSPS) is 15.9. The van der Waals surface area contributed by atoms with Crippen molar-refractivity contribution in [3.63, 3.8) is 0 Å². The molecule has 0 aliphatic carbocycles. The van der Waals surface area contributed by atoms with Gasteiger partial charge in [-0.05, 0) is 32.0 Å². The molecule has 0 spiro atoms. The lowest BCUT2D eigenvalue weighted by Gasteiger charge is -2.24. The van der Waals surface area contributed by atoms with Gasteiger partial charge in [0.1, 0.15) is 9.04 Å². The van der Waals surface area contributed by atoms with Crippen molar-refractivity contribution in [1.82, 2.24) is 14.9 Å². The molecule has 2 aromatic heterocycles. The molecule has 0 bridgehead atoms. The largest absolute Gasteiger partial charge is 0.490 e. The van der Waals surface area contributed by atoms with Crippen molar-refractivity contribution in [2.24, 2.45) is 5.14 Å². The van der Waals surface area contributed by atoms with Crippen LogP contribution >= 0.6 is 11.3 Å². The van der Waals surface area contributed by atoms with Crippen LogP contribution in [0.3, 0.4) is 0 Å². The van der Waals surface area contributed by atoms with E-state index >= 15 is 0 Å². The van der Waals surface area contributed by atoms with Gasteiger partial charge in [0.15, 0.2) is 0 Å². The third-order valence-corrected chi connectivity index (χ3v) is 6.34. The highest BCUT2D eigenvalue weighted by atomic mass is 32.2. The number of hydrogen-bond donors (Lipinski definition) is 4. The number of sulfonamides is 1. The van der Waals surface area contributed by atoms with Gasteiger partial charge in [0.25, 0.3) is 5.56 Å². The molecule has 156 valence electrons. The van der Waals surface area contributed by atoms with Crippen molar-refractivity contribution in [2.75, 3.05) is 13.1 Å². The number of carbonyl (C=O) groups is 1. The number of halogens is 3. The van der Waals surface area contributed by atoms with E-state index in [1.54, 1.807) is 0 Å². The van der Waals surface area contributed by atoms with E-state index in [2.05, 4.69) is 10.3 Å². The first-order chi connectivity index (χ1) is 12.8. The van der Waals surface area contributed by atoms with Crippen LogP contribution in [0.4, 0.5) is 13.2 Å². The van der Waals surface area contributed by atoms with E-state index in [9.17, 15) is 31.2 Å². The maximum atomic E-state index is 12.1. The highest BCUT2D eigenvalue weighted by molar-refractivity contribution is 7.91. The van der Waals surface area contributed by atoms with Gasteiger partial charge in [-0.25, -0.2) is 23.1 Å². The van der Waals surface area contributed by atoms with Gasteiger partial charge < -0.3 is 10.4 Å². The molecule has 3 rings (SSSR count). The number of fused-ring (bicyclic) bond motifs is 1. The monoisotopic (exact) mass is 444 g/mol. The lowest BCUT2D eigenvalue weighted by molar-refractivity contribution is -0.192. The molecule has 28 heavy (non-hydrogen) atoms. The molecule has 15 heteroatoms. The Hall–Kier alpha value is -2.23. The Morgan fingerprint density at radius 2 is 1.82 bits per heavy atom. The Kier molecular flexibility index (Phi) is 6.32. The lowest BCUT2D eigenvalue weighted by atomic mass is 10.1. The van der Waals surface area contributed by atoms with Gasteiger partial charge >= 0.3 is 17.8 Å². The molecule has 1 aliphatic rings. The first-order valence-electron chi connectivity index (χ1n) is 7.64. The van der Waals surface area contributed by atoms with E-state index in [0.29, 0.717) is 4.83 Å². The molecule has 0 unspecified atom stereocenters. The summed E-state index contributed by atoms with van der Waals surface area (Å²) >= 11 is 0.862. The topological polar surface area (TPSA) is 164 Å². The average molecular weight is 444 g/mol. The fraction of sp³-hybridized carbons (Fsp3) is 0.462. The number of nitrogens with two attached hydrogens (primary N) is 1. The van der Waals surface area contributed by atoms with Crippen molar-refractivity contribution in [1.29, 1.82) is 0 Å². The smallest absolute Gasteiger partial charge is 0.475 e. The van der Waals surface area contributed by atoms with Crippen LogP contribution in [0.15, 0.2) is 19.9 Å². The number of thiophene rings is 1. The van der Waals surface area contributed by atoms with Crippen LogP contribution < -0.4 is 21.7 Å². The van der Waals surface area contributed by atoms with Gasteiger partial charge in [0.2, 0.25) is 10.0 Å². The number of primary sulfonamides is 1. The Labute approximate surface area is 158 Å². The number of H-pyrrole nitrogens is 1. The standard InChI is InChI=1S/C11H14N4O4S2.C2HF3O2/c12-21(18,19)8-5-7-9(16)14-11(17)15(10(7)20-8)6-1-3-13-4-2-6;3-2(4,5)1(6)7/h5-6,13H,1-4H2,(H2,12,18,19)(H,14,16,17);(H,6,7). The number of rotatable bonds is 2. The van der Waals surface area contributed by atoms with Crippen LogP contribution in [-0.2, 0) is 14.8 Å². The predicted molar refractivity (Wildman–Crippen MR) is 92.9 cm³/mol. The van der Waals surface area contributed by atoms with Gasteiger partial charge in [-0.15, -0.1) is 11.3 Å². The van der Waals surface area contributed by atoms with Crippen LogP contribution in [0.25, 0.3) is 10.2 Å². The Morgan fingerprint density at radius 3 is 2.29 bits per heavy atom. The number of nitrogens with one attached hydrogen (secondary N) is 2. The molecule has 0 aromatic carbocycles. The van der Waals surface area contributed by atoms with E-state index < -0.39 is 33.4 Å². The van der Waals surface area contributed by atoms with Gasteiger partial charge in [0.05, 0.1) is 5.39 Å². The fourth-order valence-electron chi connectivity index (χ4n) is 2.55. The zero-order valence-electron chi connectivity index (χ0n) is 13.9. The molecule has 1 aliphatic heterocycles. The third kappa shape index (κ3) is 4.98. The van der Waals surface area contributed by atoms with E-state index in [-0.39, 0.29) is 15.6 Å². The fourth-order valence-corrected chi connectivity index (χ4v) is 4.50. The van der Waals surface area contributed by atoms with Crippen molar-refractivity contribution in [2.45, 2.75) is 29.3 Å². The van der Waals surface area contributed by atoms with Crippen LogP contribution in [0.2, 0.25) is 0 Å². The molecule has 0 radical (unpaired) electrons. The maximum absolute atomic E-state index is 12.1. The highest BCUT2D eigenvalue weighted by Crippen LogP contribution is 2.29. The minimum absolute atomic E-state index is 0.0647. The van der Waals surface area contributed by atoms with Crippen LogP contribution in [0.5, 0.6) is 0 Å². The number of aromatic amines is 1. The summed E-state index contributed by atoms with van der Waals surface area (Å²) in [6, 6.07) is 1.16. The molecular formula is C13H15F3N4O6S2. The molecular weight excluding hydrogens is 429 g/mol. The SMILES string of the molecule is NS(=O)(=O)c1cc2c(=O)[nH]c(=O)n(C3CCNCC3)c2s1.O=C(O)C(F)(F)F. The van der Waals surface area contributed by atoms with Crippen molar-refractivity contribution < 1.29 is 31.5 Å². The summed E-state index contributed by atoms with van der Waals surface area (Å²) < 4.78 is 56.0. The Morgan fingerprint density at radius 1 is 1.29 bits per heavy atom. The molecule has 10 nitrogen and oxygen atoms in total. The molecule has 0 amide bonds. The first kappa shape index (κ1) is 22.1. The maximum Gasteiger partial charge on any atom is 0.490 e. The predicted octanol–water partition coefficient (Wildman–Crippen LogP) is -0.0435. The van der Waals surface area contributed by atoms with Crippen LogP contribution in [0.1, 0.15) is 18.9 Å². The highest BCUT2D eigenvalue weighted by Gasteiger charge is 2.38. The zero-order valence-corrected chi connectivity index (χ0v) is 15.6. The summed E-state index contributed by atoms with van der Waals surface area (Å²) in [4.78, 5) is 35.5. The Bertz CT molecular complexity index is 1100. The van der Waals surface area contributed by atoms with E-state index in [4.69, 9.17) is 15.0 Å². The number of piperidine rings is 1. The van der Waals surface area contributed by atoms with Crippen molar-refractivity contribution in [3.8, 4) is 0 Å². The second-order valence-corrected chi connectivity index (χ2v) is 8.56. The van der Waals surface area contributed by atoms with E-state index in [1.807, 2.05) is 0 Å². The van der Waals surface area contributed by atoms with Crippen molar-refractivity contribution >= 4 is 37.5 Å². The van der Waals surface area contributed by atoms with Gasteiger partial charge in [-0.2, -0.15) is 13.2 Å². The van der Waals surface area contributed by atoms with Crippen LogP contribution in [0, 0.1) is 0 Å². The van der Waals surface area contributed by atoms with Gasteiger partial charge in [-0.3, -0.25) is 14.3 Å². The summed E-state index contributed by atoms with van der Waals surface area (Å²) in [5.41, 5.74) is -1.10. The molecule has 5 N–H and O–H groups in total. The summed E-state index contributed by atoms with van der Waals surface area (Å²) in [5.74, 6) is -2.76. The van der Waals surface area contributed by atoms with Gasteiger partial charge in [0, 0.05) is 6.04 Å². The third-order valence-electron chi connectivity index (χ3n) is 3.79. The van der Waals surface area contributed by atoms with E-state index in [1.165, 1.54) is 10.6 Å². The number of aliphatic carboxylic acids is 1. The molecule has 3 heterocycles. The van der Waals surface area contributed by atoms with Gasteiger partial charge in [-0.1, -0.05) is 0 Å². The number of alkyl halides is 3. The van der Waals surface area contributed by atoms with Crippen LogP contribution in [-0.4, -0.2) is 48.3 Å². The Balaban J connectivity index is 0.000000345. The number of carboxylic acid groups (broad SMARTS) is 1.